The molecule has 5 rings (SSSR count). The summed E-state index contributed by atoms with van der Waals surface area (Å²) in [5, 5.41) is 3.25. The molecule has 0 saturated heterocycles. The van der Waals surface area contributed by atoms with Gasteiger partial charge in [0.1, 0.15) is 23.7 Å². The van der Waals surface area contributed by atoms with E-state index < -0.39 is 11.7 Å². The Bertz CT molecular complexity index is 1720. The zero-order valence-corrected chi connectivity index (χ0v) is 24.8. The van der Waals surface area contributed by atoms with Gasteiger partial charge < -0.3 is 29.0 Å². The first-order valence-electron chi connectivity index (χ1n) is 13.6. The monoisotopic (exact) mass is 602 g/mol. The van der Waals surface area contributed by atoms with E-state index in [9.17, 15) is 9.59 Å². The fourth-order valence-corrected chi connectivity index (χ4v) is 5.34. The topological polar surface area (TPSA) is 97.1 Å². The number of carbonyl (C=O) groups excluding carboxylic acids is 2. The molecule has 5 aromatic rings. The van der Waals surface area contributed by atoms with Crippen molar-refractivity contribution < 1.29 is 27.9 Å². The quantitative estimate of drug-likeness (QED) is 0.133. The number of hydrogen-bond donors (Lipinski definition) is 1. The van der Waals surface area contributed by atoms with Crippen molar-refractivity contribution in [3.63, 3.8) is 0 Å². The number of nitrogens with zero attached hydrogens (tertiary/aromatic N) is 3. The molecular formula is C32H31FN4O5S. The van der Waals surface area contributed by atoms with Crippen molar-refractivity contribution >= 4 is 44.7 Å². The highest BCUT2D eigenvalue weighted by Crippen LogP contribution is 2.40. The molecule has 11 heteroatoms. The molecule has 3 aromatic heterocycles. The van der Waals surface area contributed by atoms with E-state index in [4.69, 9.17) is 13.9 Å². The van der Waals surface area contributed by atoms with Crippen molar-refractivity contribution in [2.45, 2.75) is 13.0 Å². The van der Waals surface area contributed by atoms with Gasteiger partial charge in [0.2, 0.25) is 11.8 Å². The largest absolute Gasteiger partial charge is 0.459 e. The highest BCUT2D eigenvalue weighted by molar-refractivity contribution is 7.22. The number of rotatable bonds is 12. The smallest absolute Gasteiger partial charge is 0.236 e. The Morgan fingerprint density at radius 1 is 0.953 bits per heavy atom. The number of para-hydroxylation sites is 1. The van der Waals surface area contributed by atoms with Crippen LogP contribution in [0.15, 0.2) is 83.4 Å². The second-order valence-corrected chi connectivity index (χ2v) is 10.8. The van der Waals surface area contributed by atoms with Gasteiger partial charge in [0.05, 0.1) is 28.2 Å². The summed E-state index contributed by atoms with van der Waals surface area (Å²) in [5.74, 6) is 0.456. The average Bonchev–Trinajstić information content (AvgIpc) is 3.68. The molecule has 0 bridgehead atoms. The molecule has 2 aromatic carbocycles. The number of hydrogen-bond acceptors (Lipinski definition) is 8. The summed E-state index contributed by atoms with van der Waals surface area (Å²) >= 11 is 1.43. The second kappa shape index (κ2) is 13.6. The van der Waals surface area contributed by atoms with Crippen LogP contribution >= 0.6 is 11.3 Å². The molecule has 0 aliphatic carbocycles. The number of aromatic nitrogens is 1. The van der Waals surface area contributed by atoms with Crippen LogP contribution in [-0.4, -0.2) is 51.2 Å². The number of ether oxygens (including phenoxy) is 2. The number of amides is 2. The number of pyridine rings is 1. The number of benzene rings is 2. The zero-order valence-electron chi connectivity index (χ0n) is 24.0. The van der Waals surface area contributed by atoms with Gasteiger partial charge in [-0.3, -0.25) is 14.6 Å². The Kier molecular flexibility index (Phi) is 9.45. The lowest BCUT2D eigenvalue weighted by atomic mass is 10.2. The molecule has 0 radical (unpaired) electrons. The van der Waals surface area contributed by atoms with E-state index in [0.717, 1.165) is 21.9 Å². The third-order valence-electron chi connectivity index (χ3n) is 6.78. The van der Waals surface area contributed by atoms with Gasteiger partial charge in [-0.15, -0.1) is 11.3 Å². The number of thiophene rings is 1. The highest BCUT2D eigenvalue weighted by Gasteiger charge is 2.21. The molecule has 0 spiro atoms. The number of fused-ring (bicyclic) bond motifs is 1. The van der Waals surface area contributed by atoms with E-state index in [1.54, 1.807) is 44.6 Å². The predicted molar refractivity (Wildman–Crippen MR) is 165 cm³/mol. The van der Waals surface area contributed by atoms with Gasteiger partial charge >= 0.3 is 0 Å². The normalized spacial score (nSPS) is 11.1. The van der Waals surface area contributed by atoms with E-state index in [0.29, 0.717) is 41.6 Å². The molecule has 2 amide bonds. The number of carbonyl (C=O) groups is 2. The molecule has 0 atom stereocenters. The first-order chi connectivity index (χ1) is 20.8. The van der Waals surface area contributed by atoms with Crippen molar-refractivity contribution in [1.82, 2.24) is 10.3 Å². The van der Waals surface area contributed by atoms with E-state index in [-0.39, 0.29) is 18.1 Å². The molecular weight excluding hydrogens is 571 g/mol. The minimum absolute atomic E-state index is 0.00523. The third-order valence-corrected chi connectivity index (χ3v) is 7.93. The second-order valence-electron chi connectivity index (χ2n) is 9.70. The fraction of sp³-hybridized carbons (Fsp3) is 0.219. The molecule has 0 fully saturated rings. The molecule has 0 aliphatic rings. The van der Waals surface area contributed by atoms with Gasteiger partial charge in [-0.25, -0.2) is 4.39 Å². The van der Waals surface area contributed by atoms with Crippen LogP contribution in [0.4, 0.5) is 15.8 Å². The molecule has 222 valence electrons. The maximum absolute atomic E-state index is 15.2. The van der Waals surface area contributed by atoms with Crippen LogP contribution in [0.25, 0.3) is 20.9 Å². The Morgan fingerprint density at radius 3 is 2.47 bits per heavy atom. The number of nitrogens with one attached hydrogen (secondary N) is 1. The van der Waals surface area contributed by atoms with E-state index in [1.165, 1.54) is 40.3 Å². The number of furan rings is 1. The van der Waals surface area contributed by atoms with Crippen molar-refractivity contribution in [3.8, 4) is 22.1 Å². The molecule has 0 aliphatic heterocycles. The lowest BCUT2D eigenvalue weighted by Gasteiger charge is -2.21. The van der Waals surface area contributed by atoms with E-state index in [2.05, 4.69) is 10.3 Å². The minimum atomic E-state index is -0.650. The zero-order chi connectivity index (χ0) is 30.3. The van der Waals surface area contributed by atoms with Crippen molar-refractivity contribution in [2.75, 3.05) is 44.2 Å². The Balaban J connectivity index is 1.26. The summed E-state index contributed by atoms with van der Waals surface area (Å²) in [6.45, 7) is 1.92. The summed E-state index contributed by atoms with van der Waals surface area (Å²) in [7, 11) is 4.77. The van der Waals surface area contributed by atoms with Crippen LogP contribution in [0.2, 0.25) is 0 Å². The van der Waals surface area contributed by atoms with Gasteiger partial charge in [-0.2, -0.15) is 0 Å². The van der Waals surface area contributed by atoms with Crippen LogP contribution < -0.4 is 19.9 Å². The summed E-state index contributed by atoms with van der Waals surface area (Å²) < 4.78 is 33.0. The van der Waals surface area contributed by atoms with Crippen molar-refractivity contribution in [2.24, 2.45) is 0 Å². The molecule has 3 heterocycles. The summed E-state index contributed by atoms with van der Waals surface area (Å²) in [6, 6.07) is 20.7. The third kappa shape index (κ3) is 7.08. The highest BCUT2D eigenvalue weighted by atomic mass is 32.1. The minimum Gasteiger partial charge on any atom is -0.459 e. The standard InChI is InChI=1S/C32H31FN4O5S/c1-36(21-7-5-4-6-8-21)30(38)19-31(39)37(2)22-9-11-26(24(33)17-22)42-28-13-14-35-25-18-29(43-32(25)28)27-12-10-23(41-27)20-34-15-16-40-3/h4-14,17-18,34H,15-16,19-20H2,1-3H3. The maximum Gasteiger partial charge on any atom is 0.236 e. The summed E-state index contributed by atoms with van der Waals surface area (Å²) in [5.41, 5.74) is 1.67. The number of methoxy groups -OCH3 is 1. The number of halogens is 1. The van der Waals surface area contributed by atoms with Crippen molar-refractivity contribution in [1.29, 1.82) is 0 Å². The molecule has 9 nitrogen and oxygen atoms in total. The van der Waals surface area contributed by atoms with Crippen LogP contribution in [0.3, 0.4) is 0 Å². The summed E-state index contributed by atoms with van der Waals surface area (Å²) in [6.07, 6.45) is 1.24. The first kappa shape index (κ1) is 29.9. The maximum atomic E-state index is 15.2. The lowest BCUT2D eigenvalue weighted by Crippen LogP contribution is -2.34. The van der Waals surface area contributed by atoms with Crippen LogP contribution in [0.1, 0.15) is 12.2 Å². The first-order valence-corrected chi connectivity index (χ1v) is 14.4. The van der Waals surface area contributed by atoms with Gasteiger partial charge in [0.25, 0.3) is 0 Å². The van der Waals surface area contributed by atoms with E-state index in [1.807, 2.05) is 36.4 Å². The Morgan fingerprint density at radius 2 is 1.72 bits per heavy atom. The molecule has 43 heavy (non-hydrogen) atoms. The van der Waals surface area contributed by atoms with E-state index >= 15 is 4.39 Å². The molecule has 0 saturated carbocycles. The van der Waals surface area contributed by atoms with Crippen LogP contribution in [0.5, 0.6) is 11.5 Å². The van der Waals surface area contributed by atoms with Gasteiger partial charge in [0, 0.05) is 57.5 Å². The predicted octanol–water partition coefficient (Wildman–Crippen LogP) is 6.24. The SMILES string of the molecule is COCCNCc1ccc(-c2cc3nccc(Oc4ccc(N(C)C(=O)CC(=O)N(C)c5ccccc5)cc4F)c3s2)o1. The van der Waals surface area contributed by atoms with Crippen LogP contribution in [-0.2, 0) is 20.9 Å². The Labute approximate surface area is 252 Å². The van der Waals surface area contributed by atoms with Gasteiger partial charge in [0.15, 0.2) is 11.6 Å². The molecule has 1 N–H and O–H groups in total. The number of anilines is 2. The fourth-order valence-electron chi connectivity index (χ4n) is 4.31. The van der Waals surface area contributed by atoms with Gasteiger partial charge in [-0.05, 0) is 42.5 Å². The van der Waals surface area contributed by atoms with Crippen molar-refractivity contribution in [3.05, 3.63) is 90.6 Å². The average molecular weight is 603 g/mol. The lowest BCUT2D eigenvalue weighted by molar-refractivity contribution is -0.126. The van der Waals surface area contributed by atoms with Crippen LogP contribution in [0, 0.1) is 5.82 Å². The summed E-state index contributed by atoms with van der Waals surface area (Å²) in [4.78, 5) is 33.4. The van der Waals surface area contributed by atoms with Gasteiger partial charge in [-0.1, -0.05) is 18.2 Å². The Hall–Kier alpha value is -4.58. The molecule has 0 unspecified atom stereocenters.